The molecule has 1 heterocycles. The summed E-state index contributed by atoms with van der Waals surface area (Å²) in [5.74, 6) is 0. The van der Waals surface area contributed by atoms with Gasteiger partial charge >= 0.3 is 0 Å². The molecule has 3 heteroatoms. The molecule has 0 aliphatic heterocycles. The first-order valence-electron chi connectivity index (χ1n) is 4.78. The van der Waals surface area contributed by atoms with Crippen molar-refractivity contribution in [2.24, 2.45) is 0 Å². The van der Waals surface area contributed by atoms with Crippen LogP contribution in [0.2, 0.25) is 0 Å². The summed E-state index contributed by atoms with van der Waals surface area (Å²) < 4.78 is -0.168. The van der Waals surface area contributed by atoms with E-state index in [4.69, 9.17) is 0 Å². The topological polar surface area (TPSA) is 25.8 Å². The summed E-state index contributed by atoms with van der Waals surface area (Å²) in [4.78, 5) is 0. The van der Waals surface area contributed by atoms with E-state index >= 15 is 0 Å². The normalized spacial score (nSPS) is 13.0. The maximum Gasteiger partial charge on any atom is 0.0730 e. The predicted molar refractivity (Wildman–Crippen MR) is 62.7 cm³/mol. The van der Waals surface area contributed by atoms with Gasteiger partial charge in [-0.25, -0.2) is 0 Å². The first-order valence-corrected chi connectivity index (χ1v) is 5.22. The Balaban J connectivity index is 3.31. The second-order valence-electron chi connectivity index (χ2n) is 5.10. The second-order valence-corrected chi connectivity index (χ2v) is 6.22. The van der Waals surface area contributed by atoms with Crippen LogP contribution >= 0.6 is 12.6 Å². The molecule has 0 saturated heterocycles. The number of thiol groups is 1. The summed E-state index contributed by atoms with van der Waals surface area (Å²) in [6, 6.07) is 2.00. The molecular formula is C11H18N2S. The fourth-order valence-electron chi connectivity index (χ4n) is 1.38. The third-order valence-electron chi connectivity index (χ3n) is 2.09. The molecule has 0 saturated carbocycles. The molecule has 1 aromatic rings. The zero-order chi connectivity index (χ0) is 11.0. The lowest BCUT2D eigenvalue weighted by Gasteiger charge is -2.26. The molecule has 0 N–H and O–H groups in total. The third kappa shape index (κ3) is 2.47. The van der Waals surface area contributed by atoms with Crippen LogP contribution in [-0.2, 0) is 10.2 Å². The summed E-state index contributed by atoms with van der Waals surface area (Å²) in [7, 11) is 0. The fourth-order valence-corrected chi connectivity index (χ4v) is 1.56. The maximum atomic E-state index is 4.58. The smallest absolute Gasteiger partial charge is 0.0730 e. The van der Waals surface area contributed by atoms with E-state index in [1.165, 1.54) is 0 Å². The Bertz CT molecular complexity index is 288. The summed E-state index contributed by atoms with van der Waals surface area (Å²) in [5.41, 5.74) is 2.20. The average molecular weight is 210 g/mol. The monoisotopic (exact) mass is 210 g/mol. The van der Waals surface area contributed by atoms with Crippen LogP contribution in [0.15, 0.2) is 12.3 Å². The number of hydrogen-bond donors (Lipinski definition) is 1. The van der Waals surface area contributed by atoms with Crippen molar-refractivity contribution in [3.05, 3.63) is 23.5 Å². The lowest BCUT2D eigenvalue weighted by molar-refractivity contribution is 0.539. The van der Waals surface area contributed by atoms with E-state index in [2.05, 4.69) is 57.4 Å². The minimum atomic E-state index is -0.168. The Morgan fingerprint density at radius 1 is 1.14 bits per heavy atom. The van der Waals surface area contributed by atoms with Gasteiger partial charge in [0.25, 0.3) is 0 Å². The van der Waals surface area contributed by atoms with Crippen molar-refractivity contribution in [2.45, 2.75) is 44.8 Å². The standard InChI is InChI=1S/C11H18N2S/c1-10(2,3)9-8(11(4,5)14)6-7-12-13-9/h6-7,14H,1-5H3. The highest BCUT2D eigenvalue weighted by Crippen LogP contribution is 2.33. The molecule has 0 aliphatic rings. The third-order valence-corrected chi connectivity index (χ3v) is 2.33. The van der Waals surface area contributed by atoms with Crippen LogP contribution in [-0.4, -0.2) is 10.2 Å². The van der Waals surface area contributed by atoms with Crippen LogP contribution in [0, 0.1) is 0 Å². The van der Waals surface area contributed by atoms with Crippen molar-refractivity contribution >= 4 is 12.6 Å². The molecular weight excluding hydrogens is 192 g/mol. The minimum absolute atomic E-state index is 0.0175. The molecule has 2 nitrogen and oxygen atoms in total. The molecule has 0 aromatic carbocycles. The highest BCUT2D eigenvalue weighted by atomic mass is 32.1. The van der Waals surface area contributed by atoms with Crippen molar-refractivity contribution in [3.8, 4) is 0 Å². The van der Waals surface area contributed by atoms with Crippen molar-refractivity contribution < 1.29 is 0 Å². The molecule has 0 spiro atoms. The van der Waals surface area contributed by atoms with E-state index in [0.717, 1.165) is 11.3 Å². The minimum Gasteiger partial charge on any atom is -0.168 e. The van der Waals surface area contributed by atoms with Crippen molar-refractivity contribution in [3.63, 3.8) is 0 Å². The van der Waals surface area contributed by atoms with Gasteiger partial charge in [0.1, 0.15) is 0 Å². The summed E-state index contributed by atoms with van der Waals surface area (Å²) in [6.45, 7) is 10.6. The van der Waals surface area contributed by atoms with Crippen molar-refractivity contribution in [1.82, 2.24) is 10.2 Å². The van der Waals surface area contributed by atoms with Gasteiger partial charge in [-0.3, -0.25) is 0 Å². The lowest BCUT2D eigenvalue weighted by Crippen LogP contribution is -2.22. The zero-order valence-corrected chi connectivity index (χ0v) is 10.4. The zero-order valence-electron chi connectivity index (χ0n) is 9.50. The van der Waals surface area contributed by atoms with E-state index in [-0.39, 0.29) is 10.2 Å². The highest BCUT2D eigenvalue weighted by molar-refractivity contribution is 7.81. The van der Waals surface area contributed by atoms with Crippen LogP contribution in [0.3, 0.4) is 0 Å². The van der Waals surface area contributed by atoms with Gasteiger partial charge in [0.15, 0.2) is 0 Å². The quantitative estimate of drug-likeness (QED) is 0.721. The Morgan fingerprint density at radius 2 is 1.71 bits per heavy atom. The Kier molecular flexibility index (Phi) is 2.91. The van der Waals surface area contributed by atoms with Crippen LogP contribution in [0.5, 0.6) is 0 Å². The molecule has 0 aliphatic carbocycles. The molecule has 0 unspecified atom stereocenters. The highest BCUT2D eigenvalue weighted by Gasteiger charge is 2.26. The van der Waals surface area contributed by atoms with Gasteiger partial charge in [0, 0.05) is 16.4 Å². The molecule has 0 bridgehead atoms. The van der Waals surface area contributed by atoms with E-state index in [1.807, 2.05) is 6.07 Å². The molecule has 14 heavy (non-hydrogen) atoms. The van der Waals surface area contributed by atoms with Crippen LogP contribution < -0.4 is 0 Å². The lowest BCUT2D eigenvalue weighted by atomic mass is 9.85. The van der Waals surface area contributed by atoms with Crippen LogP contribution in [0.25, 0.3) is 0 Å². The van der Waals surface area contributed by atoms with E-state index < -0.39 is 0 Å². The largest absolute Gasteiger partial charge is 0.168 e. The maximum absolute atomic E-state index is 4.58. The number of nitrogens with zero attached hydrogens (tertiary/aromatic N) is 2. The summed E-state index contributed by atoms with van der Waals surface area (Å²) in [5, 5.41) is 8.16. The Hall–Kier alpha value is -0.570. The van der Waals surface area contributed by atoms with Gasteiger partial charge in [-0.15, -0.1) is 0 Å². The van der Waals surface area contributed by atoms with Crippen molar-refractivity contribution in [1.29, 1.82) is 0 Å². The predicted octanol–water partition coefficient (Wildman–Crippen LogP) is 2.94. The van der Waals surface area contributed by atoms with E-state index in [0.29, 0.717) is 0 Å². The number of rotatable bonds is 1. The molecule has 1 aromatic heterocycles. The van der Waals surface area contributed by atoms with E-state index in [1.54, 1.807) is 6.20 Å². The molecule has 0 amide bonds. The Morgan fingerprint density at radius 3 is 2.07 bits per heavy atom. The van der Waals surface area contributed by atoms with Gasteiger partial charge in [0.2, 0.25) is 0 Å². The molecule has 0 radical (unpaired) electrons. The first-order chi connectivity index (χ1) is 6.23. The molecule has 0 fully saturated rings. The summed E-state index contributed by atoms with van der Waals surface area (Å²) >= 11 is 4.58. The fraction of sp³-hybridized carbons (Fsp3) is 0.636. The number of hydrogen-bond acceptors (Lipinski definition) is 3. The van der Waals surface area contributed by atoms with Crippen LogP contribution in [0.4, 0.5) is 0 Å². The average Bonchev–Trinajstić information content (AvgIpc) is 2.01. The van der Waals surface area contributed by atoms with Gasteiger partial charge < -0.3 is 0 Å². The second kappa shape index (κ2) is 3.54. The SMILES string of the molecule is CC(C)(C)c1nnccc1C(C)(C)S. The molecule has 0 atom stereocenters. The molecule has 1 rings (SSSR count). The Labute approximate surface area is 91.5 Å². The van der Waals surface area contributed by atoms with E-state index in [9.17, 15) is 0 Å². The first kappa shape index (κ1) is 11.5. The van der Waals surface area contributed by atoms with Crippen molar-refractivity contribution in [2.75, 3.05) is 0 Å². The number of aromatic nitrogens is 2. The van der Waals surface area contributed by atoms with Gasteiger partial charge in [-0.2, -0.15) is 22.8 Å². The van der Waals surface area contributed by atoms with Crippen LogP contribution in [0.1, 0.15) is 45.9 Å². The van der Waals surface area contributed by atoms with Gasteiger partial charge in [-0.05, 0) is 25.5 Å². The molecule has 78 valence electrons. The van der Waals surface area contributed by atoms with Gasteiger partial charge in [-0.1, -0.05) is 20.8 Å². The summed E-state index contributed by atoms with van der Waals surface area (Å²) in [6.07, 6.45) is 1.72. The van der Waals surface area contributed by atoms with Gasteiger partial charge in [0.05, 0.1) is 5.69 Å².